The molecule has 7 rings (SSSR count). The number of nitrogens with zero attached hydrogens (tertiary/aromatic N) is 5. The summed E-state index contributed by atoms with van der Waals surface area (Å²) in [7, 11) is 1.64. The summed E-state index contributed by atoms with van der Waals surface area (Å²) in [4.78, 5) is 23.8. The fraction of sp³-hybridized carbons (Fsp3) is 0.333. The van der Waals surface area contributed by atoms with Gasteiger partial charge in [-0.05, 0) is 55.5 Å². The average molecular weight is 521 g/mol. The van der Waals surface area contributed by atoms with Crippen molar-refractivity contribution in [2.45, 2.75) is 49.8 Å². The van der Waals surface area contributed by atoms with Crippen LogP contribution in [-0.4, -0.2) is 44.0 Å². The lowest BCUT2D eigenvalue weighted by Crippen LogP contribution is -2.44. The number of amides is 1. The molecule has 1 aromatic carbocycles. The van der Waals surface area contributed by atoms with Crippen LogP contribution in [-0.2, 0) is 5.54 Å². The van der Waals surface area contributed by atoms with Gasteiger partial charge in [0, 0.05) is 53.8 Å². The van der Waals surface area contributed by atoms with Crippen molar-refractivity contribution in [1.82, 2.24) is 24.5 Å². The molecule has 2 atom stereocenters. The third kappa shape index (κ3) is 3.20. The molecule has 1 aliphatic heterocycles. The number of pyridine rings is 1. The minimum atomic E-state index is -3.24. The molecule has 38 heavy (non-hydrogen) atoms. The number of aromatic nitrogens is 4. The minimum absolute atomic E-state index is 0.130. The Hall–Kier alpha value is -3.99. The quantitative estimate of drug-likeness (QED) is 0.425. The van der Waals surface area contributed by atoms with Gasteiger partial charge in [-0.2, -0.15) is 13.9 Å². The van der Waals surface area contributed by atoms with Crippen molar-refractivity contribution < 1.29 is 22.7 Å². The molecule has 2 N–H and O–H groups in total. The average Bonchev–Trinajstić information content (AvgIpc) is 3.41. The predicted octanol–water partition coefficient (Wildman–Crippen LogP) is 4.53. The maximum atomic E-state index is 14.8. The zero-order valence-corrected chi connectivity index (χ0v) is 20.4. The summed E-state index contributed by atoms with van der Waals surface area (Å²) >= 11 is 0. The van der Waals surface area contributed by atoms with E-state index in [2.05, 4.69) is 14.7 Å². The summed E-state index contributed by atoms with van der Waals surface area (Å²) in [5.74, 6) is -1.86. The smallest absolute Gasteiger partial charge is 0.387 e. The number of carbonyl (C=O) groups is 1. The first-order chi connectivity index (χ1) is 18.2. The molecule has 1 fully saturated rings. The summed E-state index contributed by atoms with van der Waals surface area (Å²) < 4.78 is 47.8. The van der Waals surface area contributed by atoms with Gasteiger partial charge in [-0.1, -0.05) is 0 Å². The molecular formula is C27H23F3N6O2. The molecule has 4 aromatic rings. The Labute approximate surface area is 215 Å². The van der Waals surface area contributed by atoms with Crippen molar-refractivity contribution in [3.8, 4) is 16.9 Å². The second kappa shape index (κ2) is 8.00. The summed E-state index contributed by atoms with van der Waals surface area (Å²) in [6.45, 7) is -3.24. The second-order valence-corrected chi connectivity index (χ2v) is 10.3. The summed E-state index contributed by atoms with van der Waals surface area (Å²) in [6, 6.07) is 5.75. The van der Waals surface area contributed by atoms with E-state index < -0.39 is 41.6 Å². The van der Waals surface area contributed by atoms with Crippen molar-refractivity contribution in [3.63, 3.8) is 0 Å². The number of rotatable bonds is 4. The van der Waals surface area contributed by atoms with Gasteiger partial charge in [0.15, 0.2) is 11.6 Å². The molecule has 4 heterocycles. The minimum Gasteiger partial charge on any atom is -0.431 e. The highest BCUT2D eigenvalue weighted by Crippen LogP contribution is 2.54. The molecule has 1 amide bonds. The first kappa shape index (κ1) is 23.2. The van der Waals surface area contributed by atoms with Crippen LogP contribution >= 0.6 is 0 Å². The number of alkyl halides is 2. The molecular weight excluding hydrogens is 497 g/mol. The highest BCUT2D eigenvalue weighted by molar-refractivity contribution is 5.98. The number of hydrogen-bond donors (Lipinski definition) is 1. The summed E-state index contributed by atoms with van der Waals surface area (Å²) in [5, 5.41) is 4.74. The molecule has 8 nitrogen and oxygen atoms in total. The third-order valence-electron chi connectivity index (χ3n) is 8.22. The molecule has 3 aliphatic rings. The molecule has 0 radical (unpaired) electrons. The summed E-state index contributed by atoms with van der Waals surface area (Å²) in [5.41, 5.74) is 9.93. The molecule has 0 spiro atoms. The Morgan fingerprint density at radius 2 is 1.89 bits per heavy atom. The SMILES string of the molecule is CN1C(=O)c2ccc(F)c(OC(F)F)c2C2CC1c1nn3ccc(-c4cnc(C5(N)CCC5)nc4)cc3c12. The monoisotopic (exact) mass is 520 g/mol. The zero-order chi connectivity index (χ0) is 26.3. The van der Waals surface area contributed by atoms with Gasteiger partial charge in [0.2, 0.25) is 0 Å². The van der Waals surface area contributed by atoms with Crippen LogP contribution < -0.4 is 10.5 Å². The number of halogens is 3. The molecule has 194 valence electrons. The Morgan fingerprint density at radius 1 is 1.13 bits per heavy atom. The van der Waals surface area contributed by atoms with E-state index in [-0.39, 0.29) is 11.1 Å². The fourth-order valence-electron chi connectivity index (χ4n) is 6.08. The molecule has 0 saturated heterocycles. The predicted molar refractivity (Wildman–Crippen MR) is 130 cm³/mol. The molecule has 3 aromatic heterocycles. The van der Waals surface area contributed by atoms with Crippen LogP contribution in [0.3, 0.4) is 0 Å². The van der Waals surface area contributed by atoms with Gasteiger partial charge in [-0.3, -0.25) is 4.79 Å². The van der Waals surface area contributed by atoms with Gasteiger partial charge < -0.3 is 15.4 Å². The van der Waals surface area contributed by atoms with Gasteiger partial charge in [0.25, 0.3) is 5.91 Å². The third-order valence-corrected chi connectivity index (χ3v) is 8.22. The van der Waals surface area contributed by atoms with E-state index in [0.717, 1.165) is 47.5 Å². The van der Waals surface area contributed by atoms with Crippen molar-refractivity contribution in [2.75, 3.05) is 7.05 Å². The van der Waals surface area contributed by atoms with Crippen molar-refractivity contribution in [1.29, 1.82) is 0 Å². The van der Waals surface area contributed by atoms with Crippen LogP contribution in [0.5, 0.6) is 5.75 Å². The number of carbonyl (C=O) groups excluding carboxylic acids is 1. The number of ether oxygens (including phenoxy) is 1. The van der Waals surface area contributed by atoms with Gasteiger partial charge in [-0.15, -0.1) is 0 Å². The van der Waals surface area contributed by atoms with Gasteiger partial charge in [-0.25, -0.2) is 18.9 Å². The maximum absolute atomic E-state index is 14.8. The molecule has 11 heteroatoms. The molecule has 1 saturated carbocycles. The lowest BCUT2D eigenvalue weighted by atomic mass is 9.77. The Kier molecular flexibility index (Phi) is 4.88. The van der Waals surface area contributed by atoms with Crippen LogP contribution in [0.1, 0.15) is 70.6 Å². The van der Waals surface area contributed by atoms with E-state index in [1.54, 1.807) is 30.2 Å². The number of hydrogen-bond acceptors (Lipinski definition) is 6. The lowest BCUT2D eigenvalue weighted by molar-refractivity contribution is -0.0529. The number of nitrogens with two attached hydrogens (primary N) is 1. The van der Waals surface area contributed by atoms with Crippen LogP contribution in [0.4, 0.5) is 13.2 Å². The maximum Gasteiger partial charge on any atom is 0.387 e. The van der Waals surface area contributed by atoms with E-state index in [0.29, 0.717) is 17.9 Å². The molecule has 2 bridgehead atoms. The van der Waals surface area contributed by atoms with Crippen molar-refractivity contribution in [3.05, 3.63) is 76.9 Å². The second-order valence-electron chi connectivity index (χ2n) is 10.3. The van der Waals surface area contributed by atoms with E-state index in [1.165, 1.54) is 11.0 Å². The van der Waals surface area contributed by atoms with Crippen molar-refractivity contribution in [2.24, 2.45) is 5.73 Å². The van der Waals surface area contributed by atoms with Gasteiger partial charge in [0.05, 0.1) is 22.8 Å². The first-order valence-corrected chi connectivity index (χ1v) is 12.4. The lowest BCUT2D eigenvalue weighted by Gasteiger charge is -2.36. The Morgan fingerprint density at radius 3 is 2.58 bits per heavy atom. The fourth-order valence-corrected chi connectivity index (χ4v) is 6.08. The number of fused-ring (bicyclic) bond motifs is 9. The van der Waals surface area contributed by atoms with Crippen LogP contribution in [0, 0.1) is 5.82 Å². The Bertz CT molecular complexity index is 1620. The highest BCUT2D eigenvalue weighted by atomic mass is 19.3. The standard InChI is InChI=1S/C27H23F3N6O2/c1-35-19-10-16(20-15(24(35)37)3-4-17(28)23(20)38-26(29)30)21-18-9-13(5-8-36(18)34-22(19)21)14-11-32-25(33-12-14)27(31)6-2-7-27/h3-5,8-9,11-12,16,19,26H,2,6-7,10,31H2,1H3. The molecule has 2 unspecified atom stereocenters. The van der Waals surface area contributed by atoms with E-state index in [4.69, 9.17) is 10.8 Å². The Balaban J connectivity index is 1.38. The first-order valence-electron chi connectivity index (χ1n) is 12.4. The summed E-state index contributed by atoms with van der Waals surface area (Å²) in [6.07, 6.45) is 8.44. The largest absolute Gasteiger partial charge is 0.431 e. The normalized spacial score (nSPS) is 21.3. The van der Waals surface area contributed by atoms with Gasteiger partial charge >= 0.3 is 6.61 Å². The van der Waals surface area contributed by atoms with Crippen LogP contribution in [0.25, 0.3) is 16.6 Å². The van der Waals surface area contributed by atoms with Crippen LogP contribution in [0.15, 0.2) is 42.9 Å². The number of benzene rings is 1. The van der Waals surface area contributed by atoms with Gasteiger partial charge in [0.1, 0.15) is 5.82 Å². The topological polar surface area (TPSA) is 98.6 Å². The van der Waals surface area contributed by atoms with Crippen LogP contribution in [0.2, 0.25) is 0 Å². The van der Waals surface area contributed by atoms with E-state index in [1.807, 2.05) is 12.1 Å². The van der Waals surface area contributed by atoms with E-state index in [9.17, 15) is 18.0 Å². The zero-order valence-electron chi connectivity index (χ0n) is 20.4. The highest BCUT2D eigenvalue weighted by Gasteiger charge is 2.46. The van der Waals surface area contributed by atoms with E-state index >= 15 is 0 Å². The molecule has 2 aliphatic carbocycles. The van der Waals surface area contributed by atoms with Crippen molar-refractivity contribution >= 4 is 11.4 Å².